The van der Waals surface area contributed by atoms with Gasteiger partial charge in [0.15, 0.2) is 0 Å². The Balaban J connectivity index is 1.74. The largest absolute Gasteiger partial charge is 0.494 e. The number of halogens is 2. The van der Waals surface area contributed by atoms with Crippen LogP contribution in [-0.4, -0.2) is 53.9 Å². The Labute approximate surface area is 153 Å². The minimum atomic E-state index is -3.10. The molecule has 1 N–H and O–H groups in total. The van der Waals surface area contributed by atoms with E-state index in [1.165, 1.54) is 19.4 Å². The van der Waals surface area contributed by atoms with E-state index in [2.05, 4.69) is 10.3 Å². The zero-order valence-corrected chi connectivity index (χ0v) is 14.4. The van der Waals surface area contributed by atoms with Gasteiger partial charge in [-0.25, -0.2) is 8.78 Å². The Kier molecular flexibility index (Phi) is 4.90. The molecule has 1 saturated heterocycles. The first-order chi connectivity index (χ1) is 12.9. The third kappa shape index (κ3) is 3.65. The number of benzene rings is 1. The lowest BCUT2D eigenvalue weighted by atomic mass is 10.1. The first kappa shape index (κ1) is 18.5. The minimum Gasteiger partial charge on any atom is -0.494 e. The second kappa shape index (κ2) is 7.15. The number of nitrogens with zero attached hydrogens (tertiary/aromatic N) is 3. The van der Waals surface area contributed by atoms with Crippen molar-refractivity contribution in [2.24, 2.45) is 0 Å². The van der Waals surface area contributed by atoms with Gasteiger partial charge in [-0.2, -0.15) is 5.26 Å². The van der Waals surface area contributed by atoms with Gasteiger partial charge in [-0.05, 0) is 12.1 Å². The lowest BCUT2D eigenvalue weighted by Gasteiger charge is -2.19. The number of para-hydroxylation sites is 1. The van der Waals surface area contributed by atoms with Crippen LogP contribution < -0.4 is 10.1 Å². The zero-order chi connectivity index (χ0) is 19.6. The molecule has 0 unspecified atom stereocenters. The maximum absolute atomic E-state index is 13.5. The fourth-order valence-corrected chi connectivity index (χ4v) is 3.06. The summed E-state index contributed by atoms with van der Waals surface area (Å²) >= 11 is 0. The summed E-state index contributed by atoms with van der Waals surface area (Å²) in [5.74, 6) is -3.89. The Morgan fingerprint density at radius 3 is 2.93 bits per heavy atom. The zero-order valence-electron chi connectivity index (χ0n) is 14.4. The van der Waals surface area contributed by atoms with Crippen LogP contribution in [0, 0.1) is 11.3 Å². The normalized spacial score (nSPS) is 18.1. The number of likely N-dealkylation sites (tertiary alicyclic amines) is 1. The molecule has 2 amide bonds. The second-order valence-electron chi connectivity index (χ2n) is 6.12. The summed E-state index contributed by atoms with van der Waals surface area (Å²) in [5, 5.41) is 11.9. The van der Waals surface area contributed by atoms with E-state index in [0.717, 1.165) is 4.90 Å². The number of carbonyl (C=O) groups is 2. The number of alkyl halides is 2. The highest BCUT2D eigenvalue weighted by atomic mass is 19.3. The number of nitrogens with one attached hydrogen (secondary N) is 1. The molecule has 0 radical (unpaired) electrons. The van der Waals surface area contributed by atoms with Crippen molar-refractivity contribution in [1.82, 2.24) is 15.2 Å². The number of carbonyl (C=O) groups excluding carboxylic acids is 2. The Morgan fingerprint density at radius 1 is 1.44 bits per heavy atom. The Hall–Kier alpha value is -3.28. The van der Waals surface area contributed by atoms with Gasteiger partial charge in [-0.3, -0.25) is 14.6 Å². The highest BCUT2D eigenvalue weighted by Crippen LogP contribution is 2.31. The standard InChI is InChI=1S/C18H16F2N4O3/c1-27-14-4-2-3-12-13(5-6-22-16(12)14)17(26)23-9-15(25)24-10-18(19,20)7-11(24)8-21/h2-6,11H,7,9-10H2,1H3,(H,23,26)/t11-/m0/s1. The van der Waals surface area contributed by atoms with Crippen LogP contribution in [0.15, 0.2) is 30.5 Å². The molecule has 1 aromatic carbocycles. The predicted molar refractivity (Wildman–Crippen MR) is 91.3 cm³/mol. The Morgan fingerprint density at radius 2 is 2.22 bits per heavy atom. The molecule has 9 heteroatoms. The van der Waals surface area contributed by atoms with Gasteiger partial charge in [0.2, 0.25) is 5.91 Å². The van der Waals surface area contributed by atoms with Crippen molar-refractivity contribution in [3.63, 3.8) is 0 Å². The first-order valence-corrected chi connectivity index (χ1v) is 8.13. The van der Waals surface area contributed by atoms with Crippen LogP contribution in [0.2, 0.25) is 0 Å². The van der Waals surface area contributed by atoms with Gasteiger partial charge in [-0.15, -0.1) is 0 Å². The fraction of sp³-hybridized carbons (Fsp3) is 0.333. The van der Waals surface area contributed by atoms with E-state index < -0.39 is 43.3 Å². The number of hydrogen-bond donors (Lipinski definition) is 1. The maximum atomic E-state index is 13.5. The molecule has 140 valence electrons. The number of rotatable bonds is 4. The quantitative estimate of drug-likeness (QED) is 0.879. The topological polar surface area (TPSA) is 95.3 Å². The van der Waals surface area contributed by atoms with Gasteiger partial charge in [0, 0.05) is 18.0 Å². The van der Waals surface area contributed by atoms with Crippen molar-refractivity contribution in [2.45, 2.75) is 18.4 Å². The number of ether oxygens (including phenoxy) is 1. The monoisotopic (exact) mass is 374 g/mol. The summed E-state index contributed by atoms with van der Waals surface area (Å²) in [4.78, 5) is 29.7. The van der Waals surface area contributed by atoms with Crippen molar-refractivity contribution < 1.29 is 23.1 Å². The van der Waals surface area contributed by atoms with Crippen LogP contribution in [0.5, 0.6) is 5.75 Å². The molecule has 1 aliphatic heterocycles. The number of amides is 2. The number of pyridine rings is 1. The lowest BCUT2D eigenvalue weighted by Crippen LogP contribution is -2.43. The van der Waals surface area contributed by atoms with E-state index in [1.54, 1.807) is 24.3 Å². The van der Waals surface area contributed by atoms with Gasteiger partial charge < -0.3 is 15.0 Å². The van der Waals surface area contributed by atoms with E-state index in [0.29, 0.717) is 16.7 Å². The van der Waals surface area contributed by atoms with Crippen LogP contribution in [0.4, 0.5) is 8.78 Å². The van der Waals surface area contributed by atoms with Gasteiger partial charge in [0.05, 0.1) is 31.8 Å². The van der Waals surface area contributed by atoms with Gasteiger partial charge >= 0.3 is 0 Å². The van der Waals surface area contributed by atoms with Crippen molar-refractivity contribution in [3.05, 3.63) is 36.0 Å². The summed E-state index contributed by atoms with van der Waals surface area (Å²) in [6, 6.07) is 7.08. The Bertz CT molecular complexity index is 942. The van der Waals surface area contributed by atoms with Gasteiger partial charge in [0.1, 0.15) is 17.3 Å². The van der Waals surface area contributed by atoms with Crippen LogP contribution in [0.3, 0.4) is 0 Å². The van der Waals surface area contributed by atoms with Crippen molar-refractivity contribution in [3.8, 4) is 11.8 Å². The molecular formula is C18H16F2N4O3. The van der Waals surface area contributed by atoms with Crippen LogP contribution in [0.25, 0.3) is 10.9 Å². The predicted octanol–water partition coefficient (Wildman–Crippen LogP) is 1.73. The average molecular weight is 374 g/mol. The van der Waals surface area contributed by atoms with E-state index in [1.807, 2.05) is 0 Å². The van der Waals surface area contributed by atoms with E-state index >= 15 is 0 Å². The molecule has 0 aliphatic carbocycles. The molecule has 27 heavy (non-hydrogen) atoms. The molecule has 1 fully saturated rings. The SMILES string of the molecule is COc1cccc2c(C(=O)NCC(=O)N3CC(F)(F)C[C@H]3C#N)ccnc12. The molecule has 2 aromatic rings. The average Bonchev–Trinajstić information content (AvgIpc) is 2.99. The lowest BCUT2D eigenvalue weighted by molar-refractivity contribution is -0.131. The summed E-state index contributed by atoms with van der Waals surface area (Å²) in [7, 11) is 1.49. The molecular weight excluding hydrogens is 358 g/mol. The highest BCUT2D eigenvalue weighted by molar-refractivity contribution is 6.07. The smallest absolute Gasteiger partial charge is 0.268 e. The first-order valence-electron chi connectivity index (χ1n) is 8.13. The highest BCUT2D eigenvalue weighted by Gasteiger charge is 2.47. The molecule has 0 spiro atoms. The molecule has 2 heterocycles. The molecule has 0 saturated carbocycles. The van der Waals surface area contributed by atoms with Gasteiger partial charge in [0.25, 0.3) is 11.8 Å². The number of methoxy groups -OCH3 is 1. The third-order valence-electron chi connectivity index (χ3n) is 4.34. The number of aromatic nitrogens is 1. The molecule has 1 aliphatic rings. The van der Waals surface area contributed by atoms with Crippen LogP contribution >= 0.6 is 0 Å². The van der Waals surface area contributed by atoms with E-state index in [9.17, 15) is 18.4 Å². The summed E-state index contributed by atoms with van der Waals surface area (Å²) < 4.78 is 32.1. The molecule has 1 aromatic heterocycles. The molecule has 7 nitrogen and oxygen atoms in total. The maximum Gasteiger partial charge on any atom is 0.268 e. The number of fused-ring (bicyclic) bond motifs is 1. The molecule has 1 atom stereocenters. The van der Waals surface area contributed by atoms with Crippen LogP contribution in [-0.2, 0) is 4.79 Å². The minimum absolute atomic E-state index is 0.273. The number of nitriles is 1. The molecule has 0 bridgehead atoms. The van der Waals surface area contributed by atoms with Crippen LogP contribution in [0.1, 0.15) is 16.8 Å². The summed E-state index contributed by atoms with van der Waals surface area (Å²) in [5.41, 5.74) is 0.762. The van der Waals surface area contributed by atoms with Crippen molar-refractivity contribution in [2.75, 3.05) is 20.2 Å². The fourth-order valence-electron chi connectivity index (χ4n) is 3.06. The van der Waals surface area contributed by atoms with Gasteiger partial charge in [-0.1, -0.05) is 12.1 Å². The second-order valence-corrected chi connectivity index (χ2v) is 6.12. The summed E-state index contributed by atoms with van der Waals surface area (Å²) in [6.45, 7) is -1.31. The third-order valence-corrected chi connectivity index (χ3v) is 4.34. The van der Waals surface area contributed by atoms with Crippen molar-refractivity contribution in [1.29, 1.82) is 5.26 Å². The molecule has 3 rings (SSSR count). The summed E-state index contributed by atoms with van der Waals surface area (Å²) in [6.07, 6.45) is 0.742. The van der Waals surface area contributed by atoms with E-state index in [4.69, 9.17) is 10.00 Å². The van der Waals surface area contributed by atoms with E-state index in [-0.39, 0.29) is 5.56 Å². The number of hydrogen-bond acceptors (Lipinski definition) is 5. The van der Waals surface area contributed by atoms with Crippen molar-refractivity contribution >= 4 is 22.7 Å².